The standard InChI is InChI=1S/C16H19FINO5/c1-16(2,3)24-15(22)19-8-10(7-12(19)14(20)21)23-13-5-4-9(18)6-11(13)17/h4-6,10,12H,7-8H2,1-3H3,(H,20,21)/t10-,12+/m1/s1. The molecule has 1 aliphatic rings. The molecule has 0 radical (unpaired) electrons. The van der Waals surface area contributed by atoms with Gasteiger partial charge in [0.25, 0.3) is 0 Å². The van der Waals surface area contributed by atoms with Crippen molar-refractivity contribution in [3.8, 4) is 5.75 Å². The predicted octanol–water partition coefficient (Wildman–Crippen LogP) is 3.27. The Hall–Kier alpha value is -1.58. The fourth-order valence-corrected chi connectivity index (χ4v) is 2.84. The van der Waals surface area contributed by atoms with Crippen molar-refractivity contribution in [2.24, 2.45) is 0 Å². The number of ether oxygens (including phenoxy) is 2. The zero-order chi connectivity index (χ0) is 18.1. The van der Waals surface area contributed by atoms with Gasteiger partial charge in [-0.15, -0.1) is 0 Å². The number of benzene rings is 1. The van der Waals surface area contributed by atoms with Crippen LogP contribution in [-0.2, 0) is 9.53 Å². The van der Waals surface area contributed by atoms with Gasteiger partial charge in [0.2, 0.25) is 0 Å². The zero-order valence-corrected chi connectivity index (χ0v) is 15.7. The predicted molar refractivity (Wildman–Crippen MR) is 92.5 cm³/mol. The molecule has 0 unspecified atom stereocenters. The number of nitrogens with zero attached hydrogens (tertiary/aromatic N) is 1. The maximum atomic E-state index is 13.9. The summed E-state index contributed by atoms with van der Waals surface area (Å²) in [6.45, 7) is 5.13. The molecule has 0 saturated carbocycles. The highest BCUT2D eigenvalue weighted by atomic mass is 127. The summed E-state index contributed by atoms with van der Waals surface area (Å²) in [4.78, 5) is 24.7. The minimum absolute atomic E-state index is 0.0251. The fraction of sp³-hybridized carbons (Fsp3) is 0.500. The first-order valence-electron chi connectivity index (χ1n) is 7.41. The molecule has 6 nitrogen and oxygen atoms in total. The van der Waals surface area contributed by atoms with Crippen LogP contribution in [0.15, 0.2) is 18.2 Å². The van der Waals surface area contributed by atoms with Crippen LogP contribution in [0, 0.1) is 9.39 Å². The molecule has 1 N–H and O–H groups in total. The number of hydrogen-bond acceptors (Lipinski definition) is 4. The SMILES string of the molecule is CC(C)(C)OC(=O)N1C[C@H](Oc2ccc(I)cc2F)C[C@H]1C(=O)O. The zero-order valence-electron chi connectivity index (χ0n) is 13.6. The van der Waals surface area contributed by atoms with E-state index in [0.29, 0.717) is 0 Å². The van der Waals surface area contributed by atoms with Gasteiger partial charge in [0.15, 0.2) is 11.6 Å². The van der Waals surface area contributed by atoms with E-state index in [1.807, 2.05) is 22.6 Å². The molecule has 0 aliphatic carbocycles. The van der Waals surface area contributed by atoms with Crippen molar-refractivity contribution in [2.75, 3.05) is 6.54 Å². The molecule has 132 valence electrons. The normalized spacial score (nSPS) is 20.8. The van der Waals surface area contributed by atoms with Crippen LogP contribution in [0.5, 0.6) is 5.75 Å². The topological polar surface area (TPSA) is 76.1 Å². The van der Waals surface area contributed by atoms with Crippen molar-refractivity contribution in [3.05, 3.63) is 27.6 Å². The number of carbonyl (C=O) groups is 2. The molecule has 24 heavy (non-hydrogen) atoms. The van der Waals surface area contributed by atoms with Crippen LogP contribution in [-0.4, -0.2) is 46.4 Å². The second-order valence-electron chi connectivity index (χ2n) is 6.54. The van der Waals surface area contributed by atoms with Gasteiger partial charge in [0.1, 0.15) is 17.7 Å². The molecule has 0 bridgehead atoms. The van der Waals surface area contributed by atoms with Crippen LogP contribution < -0.4 is 4.74 Å². The third-order valence-corrected chi connectivity index (χ3v) is 4.03. The molecule has 0 aromatic heterocycles. The lowest BCUT2D eigenvalue weighted by Crippen LogP contribution is -2.43. The highest BCUT2D eigenvalue weighted by Crippen LogP contribution is 2.27. The van der Waals surface area contributed by atoms with Crippen LogP contribution in [0.1, 0.15) is 27.2 Å². The Kier molecular flexibility index (Phi) is 5.56. The van der Waals surface area contributed by atoms with Crippen molar-refractivity contribution in [1.82, 2.24) is 4.90 Å². The average molecular weight is 451 g/mol. The van der Waals surface area contributed by atoms with E-state index in [2.05, 4.69) is 0 Å². The summed E-state index contributed by atoms with van der Waals surface area (Å²) in [6, 6.07) is 3.44. The molecule has 1 fully saturated rings. The summed E-state index contributed by atoms with van der Waals surface area (Å²) in [5.74, 6) is -1.63. The molecule has 1 amide bonds. The van der Waals surface area contributed by atoms with Crippen LogP contribution in [0.3, 0.4) is 0 Å². The lowest BCUT2D eigenvalue weighted by atomic mass is 10.2. The highest BCUT2D eigenvalue weighted by molar-refractivity contribution is 14.1. The Balaban J connectivity index is 2.11. The van der Waals surface area contributed by atoms with Gasteiger partial charge >= 0.3 is 12.1 Å². The van der Waals surface area contributed by atoms with E-state index in [0.717, 1.165) is 8.47 Å². The fourth-order valence-electron chi connectivity index (χ4n) is 2.39. The number of halogens is 2. The minimum Gasteiger partial charge on any atom is -0.485 e. The molecule has 8 heteroatoms. The van der Waals surface area contributed by atoms with Crippen LogP contribution >= 0.6 is 22.6 Å². The lowest BCUT2D eigenvalue weighted by Gasteiger charge is -2.26. The quantitative estimate of drug-likeness (QED) is 0.715. The van der Waals surface area contributed by atoms with E-state index in [-0.39, 0.29) is 18.7 Å². The minimum atomic E-state index is -1.14. The summed E-state index contributed by atoms with van der Waals surface area (Å²) in [6.07, 6.45) is -1.27. The summed E-state index contributed by atoms with van der Waals surface area (Å²) in [7, 11) is 0. The van der Waals surface area contributed by atoms with Gasteiger partial charge in [-0.1, -0.05) is 0 Å². The summed E-state index contributed by atoms with van der Waals surface area (Å²) < 4.78 is 25.4. The number of carboxylic acid groups (broad SMARTS) is 1. The van der Waals surface area contributed by atoms with Gasteiger partial charge in [0, 0.05) is 9.99 Å². The van der Waals surface area contributed by atoms with Crippen molar-refractivity contribution < 1.29 is 28.6 Å². The van der Waals surface area contributed by atoms with Crippen molar-refractivity contribution in [3.63, 3.8) is 0 Å². The van der Waals surface area contributed by atoms with E-state index >= 15 is 0 Å². The van der Waals surface area contributed by atoms with E-state index in [9.17, 15) is 19.1 Å². The number of rotatable bonds is 3. The first-order chi connectivity index (χ1) is 11.1. The van der Waals surface area contributed by atoms with E-state index < -0.39 is 35.6 Å². The Morgan fingerprint density at radius 3 is 2.58 bits per heavy atom. The molecular weight excluding hydrogens is 432 g/mol. The highest BCUT2D eigenvalue weighted by Gasteiger charge is 2.42. The van der Waals surface area contributed by atoms with Gasteiger partial charge < -0.3 is 14.6 Å². The van der Waals surface area contributed by atoms with Gasteiger partial charge in [-0.25, -0.2) is 14.0 Å². The molecule has 1 aromatic carbocycles. The van der Waals surface area contributed by atoms with E-state index in [4.69, 9.17) is 9.47 Å². The largest absolute Gasteiger partial charge is 0.485 e. The summed E-state index contributed by atoms with van der Waals surface area (Å²) >= 11 is 1.98. The smallest absolute Gasteiger partial charge is 0.411 e. The summed E-state index contributed by atoms with van der Waals surface area (Å²) in [5.41, 5.74) is -0.735. The van der Waals surface area contributed by atoms with Crippen molar-refractivity contribution >= 4 is 34.7 Å². The van der Waals surface area contributed by atoms with Crippen LogP contribution in [0.2, 0.25) is 0 Å². The van der Waals surface area contributed by atoms with Gasteiger partial charge in [-0.2, -0.15) is 0 Å². The van der Waals surface area contributed by atoms with Gasteiger partial charge in [0.05, 0.1) is 6.54 Å². The Bertz CT molecular complexity index is 646. The van der Waals surface area contributed by atoms with E-state index in [1.165, 1.54) is 12.1 Å². The molecule has 1 saturated heterocycles. The number of amides is 1. The number of carbonyl (C=O) groups excluding carboxylic acids is 1. The van der Waals surface area contributed by atoms with E-state index in [1.54, 1.807) is 26.8 Å². The Morgan fingerprint density at radius 2 is 2.04 bits per heavy atom. The summed E-state index contributed by atoms with van der Waals surface area (Å²) in [5, 5.41) is 9.33. The monoisotopic (exact) mass is 451 g/mol. The van der Waals surface area contributed by atoms with Crippen molar-refractivity contribution in [2.45, 2.75) is 44.9 Å². The lowest BCUT2D eigenvalue weighted by molar-refractivity contribution is -0.142. The maximum absolute atomic E-state index is 13.9. The first kappa shape index (κ1) is 18.8. The van der Waals surface area contributed by atoms with Gasteiger partial charge in [-0.05, 0) is 61.6 Å². The number of hydrogen-bond donors (Lipinski definition) is 1. The molecule has 2 atom stereocenters. The Labute approximate surface area is 153 Å². The third kappa shape index (κ3) is 4.71. The molecule has 0 spiro atoms. The first-order valence-corrected chi connectivity index (χ1v) is 8.49. The maximum Gasteiger partial charge on any atom is 0.411 e. The molecule has 2 rings (SSSR count). The number of likely N-dealkylation sites (tertiary alicyclic amines) is 1. The second-order valence-corrected chi connectivity index (χ2v) is 7.78. The van der Waals surface area contributed by atoms with Gasteiger partial charge in [-0.3, -0.25) is 4.90 Å². The second kappa shape index (κ2) is 7.12. The third-order valence-electron chi connectivity index (χ3n) is 3.36. The molecule has 1 aromatic rings. The molecule has 1 aliphatic heterocycles. The van der Waals surface area contributed by atoms with Crippen LogP contribution in [0.4, 0.5) is 9.18 Å². The molecular formula is C16H19FINO5. The molecule has 1 heterocycles. The average Bonchev–Trinajstić information content (AvgIpc) is 2.84. The number of aliphatic carboxylic acids is 1. The van der Waals surface area contributed by atoms with Crippen molar-refractivity contribution in [1.29, 1.82) is 0 Å². The Morgan fingerprint density at radius 1 is 1.38 bits per heavy atom. The van der Waals surface area contributed by atoms with Crippen LogP contribution in [0.25, 0.3) is 0 Å². The number of carboxylic acids is 1.